The quantitative estimate of drug-likeness (QED) is 0.651. The van der Waals surface area contributed by atoms with Crippen LogP contribution in [0.5, 0.6) is 0 Å². The molecule has 1 aromatic heterocycles. The third-order valence-corrected chi connectivity index (χ3v) is 8.34. The van der Waals surface area contributed by atoms with Crippen molar-refractivity contribution >= 4 is 21.4 Å². The SMILES string of the molecule is CS(=O)(=O)C1(NC(=O)NC2(c3ccnc(C#N)n3)CCCCC2)C=CC(c2cccc(F)c2)=CC1. The van der Waals surface area contributed by atoms with Gasteiger partial charge < -0.3 is 10.6 Å². The van der Waals surface area contributed by atoms with E-state index in [9.17, 15) is 22.9 Å². The zero-order valence-electron chi connectivity index (χ0n) is 19.3. The van der Waals surface area contributed by atoms with E-state index in [4.69, 9.17) is 0 Å². The number of aromatic nitrogens is 2. The Hall–Kier alpha value is -3.58. The van der Waals surface area contributed by atoms with Crippen molar-refractivity contribution in [2.45, 2.75) is 48.9 Å². The number of urea groups is 1. The average Bonchev–Trinajstić information content (AvgIpc) is 2.84. The van der Waals surface area contributed by atoms with E-state index < -0.39 is 32.1 Å². The summed E-state index contributed by atoms with van der Waals surface area (Å²) in [4.78, 5) is 19.8. The van der Waals surface area contributed by atoms with Gasteiger partial charge in [0.1, 0.15) is 11.9 Å². The molecule has 1 aromatic carbocycles. The van der Waals surface area contributed by atoms with Crippen LogP contribution in [0.1, 0.15) is 55.6 Å². The average molecular weight is 496 g/mol. The number of halogens is 1. The predicted molar refractivity (Wildman–Crippen MR) is 129 cm³/mol. The fourth-order valence-electron chi connectivity index (χ4n) is 4.68. The molecule has 2 N–H and O–H groups in total. The van der Waals surface area contributed by atoms with Crippen molar-refractivity contribution in [2.75, 3.05) is 6.26 Å². The Bertz CT molecular complexity index is 1340. The molecule has 10 heteroatoms. The molecule has 0 saturated heterocycles. The molecule has 4 rings (SSSR count). The lowest BCUT2D eigenvalue weighted by Crippen LogP contribution is -2.59. The van der Waals surface area contributed by atoms with Crippen molar-refractivity contribution in [3.63, 3.8) is 0 Å². The van der Waals surface area contributed by atoms with Gasteiger partial charge in [0.05, 0.1) is 11.2 Å². The van der Waals surface area contributed by atoms with Crippen molar-refractivity contribution < 1.29 is 17.6 Å². The number of benzene rings is 1. The molecule has 2 aliphatic carbocycles. The minimum Gasteiger partial charge on any atom is -0.327 e. The van der Waals surface area contributed by atoms with E-state index >= 15 is 0 Å². The Morgan fingerprint density at radius 1 is 1.17 bits per heavy atom. The van der Waals surface area contributed by atoms with Gasteiger partial charge in [0.15, 0.2) is 14.7 Å². The number of hydrogen-bond acceptors (Lipinski definition) is 6. The molecule has 2 aliphatic rings. The first-order valence-corrected chi connectivity index (χ1v) is 13.2. The maximum atomic E-state index is 13.6. The zero-order valence-corrected chi connectivity index (χ0v) is 20.1. The van der Waals surface area contributed by atoms with Crippen LogP contribution in [-0.2, 0) is 15.4 Å². The molecule has 1 saturated carbocycles. The Morgan fingerprint density at radius 3 is 2.57 bits per heavy atom. The normalized spacial score (nSPS) is 21.5. The maximum absolute atomic E-state index is 13.6. The molecule has 0 aliphatic heterocycles. The molecule has 1 heterocycles. The van der Waals surface area contributed by atoms with Crippen LogP contribution in [0.15, 0.2) is 54.8 Å². The molecule has 0 radical (unpaired) electrons. The van der Waals surface area contributed by atoms with E-state index in [0.717, 1.165) is 25.5 Å². The van der Waals surface area contributed by atoms with Gasteiger partial charge in [-0.1, -0.05) is 43.5 Å². The molecule has 0 spiro atoms. The standard InChI is InChI=1S/C25H26FN5O3S/c1-35(33,34)25(13-8-18(9-14-25)19-6-5-7-20(26)16-19)31-23(32)30-24(11-3-2-4-12-24)21-10-15-28-22(17-27)29-21/h5-10,13,15-16H,2-4,11-12,14H2,1H3,(H2,30,31,32). The number of hydrogen-bond donors (Lipinski definition) is 2. The summed E-state index contributed by atoms with van der Waals surface area (Å²) in [6.07, 6.45) is 11.2. The second-order valence-corrected chi connectivity index (χ2v) is 11.2. The molecule has 8 nitrogen and oxygen atoms in total. The summed E-state index contributed by atoms with van der Waals surface area (Å²) < 4.78 is 39.3. The zero-order chi connectivity index (χ0) is 25.1. The van der Waals surface area contributed by atoms with Gasteiger partial charge in [0, 0.05) is 18.9 Å². The van der Waals surface area contributed by atoms with Gasteiger partial charge in [-0.05, 0) is 48.3 Å². The Labute approximate surface area is 203 Å². The van der Waals surface area contributed by atoms with Crippen LogP contribution in [-0.4, -0.2) is 35.5 Å². The fourth-order valence-corrected chi connectivity index (χ4v) is 5.66. The van der Waals surface area contributed by atoms with E-state index in [1.807, 2.05) is 6.07 Å². The van der Waals surface area contributed by atoms with Crippen LogP contribution in [0.2, 0.25) is 0 Å². The van der Waals surface area contributed by atoms with Crippen molar-refractivity contribution in [1.29, 1.82) is 5.26 Å². The largest absolute Gasteiger partial charge is 0.327 e. The van der Waals surface area contributed by atoms with Crippen LogP contribution >= 0.6 is 0 Å². The fraction of sp³-hybridized carbons (Fsp3) is 0.360. The highest BCUT2D eigenvalue weighted by Gasteiger charge is 2.43. The molecule has 0 bridgehead atoms. The lowest BCUT2D eigenvalue weighted by Gasteiger charge is -2.39. The number of carbonyl (C=O) groups is 1. The van der Waals surface area contributed by atoms with E-state index in [0.29, 0.717) is 29.7 Å². The summed E-state index contributed by atoms with van der Waals surface area (Å²) in [6, 6.07) is 8.96. The smallest absolute Gasteiger partial charge is 0.317 e. The molecule has 2 aromatic rings. The molecule has 1 atom stereocenters. The number of nitriles is 1. The monoisotopic (exact) mass is 495 g/mol. The van der Waals surface area contributed by atoms with Crippen molar-refractivity contribution in [3.8, 4) is 6.07 Å². The molecule has 1 unspecified atom stereocenters. The number of allylic oxidation sites excluding steroid dienone is 2. The molecular weight excluding hydrogens is 469 g/mol. The van der Waals surface area contributed by atoms with Crippen LogP contribution in [0.4, 0.5) is 9.18 Å². The molecular formula is C25H26FN5O3S. The second-order valence-electron chi connectivity index (χ2n) is 8.97. The lowest BCUT2D eigenvalue weighted by molar-refractivity contribution is 0.196. The highest BCUT2D eigenvalue weighted by molar-refractivity contribution is 7.92. The summed E-state index contributed by atoms with van der Waals surface area (Å²) in [5.41, 5.74) is 0.974. The Balaban J connectivity index is 1.59. The second kappa shape index (κ2) is 9.58. The summed E-state index contributed by atoms with van der Waals surface area (Å²) in [7, 11) is -3.78. The van der Waals surface area contributed by atoms with Gasteiger partial charge >= 0.3 is 6.03 Å². The number of amides is 2. The molecule has 1 fully saturated rings. The summed E-state index contributed by atoms with van der Waals surface area (Å²) in [5, 5.41) is 14.9. The number of nitrogens with one attached hydrogen (secondary N) is 2. The van der Waals surface area contributed by atoms with Gasteiger partial charge in [0.25, 0.3) is 0 Å². The Kier molecular flexibility index (Phi) is 6.72. The molecule has 35 heavy (non-hydrogen) atoms. The first kappa shape index (κ1) is 24.5. The van der Waals surface area contributed by atoms with Crippen LogP contribution in [0.25, 0.3) is 5.57 Å². The van der Waals surface area contributed by atoms with Crippen LogP contribution in [0, 0.1) is 17.1 Å². The highest BCUT2D eigenvalue weighted by Crippen LogP contribution is 2.37. The summed E-state index contributed by atoms with van der Waals surface area (Å²) in [6.45, 7) is 0. The van der Waals surface area contributed by atoms with E-state index in [1.54, 1.807) is 30.4 Å². The van der Waals surface area contributed by atoms with E-state index in [-0.39, 0.29) is 12.2 Å². The Morgan fingerprint density at radius 2 is 1.94 bits per heavy atom. The van der Waals surface area contributed by atoms with Gasteiger partial charge in [0.2, 0.25) is 5.82 Å². The maximum Gasteiger partial charge on any atom is 0.317 e. The minimum atomic E-state index is -3.78. The number of rotatable bonds is 5. The van der Waals surface area contributed by atoms with E-state index in [1.165, 1.54) is 24.4 Å². The van der Waals surface area contributed by atoms with Gasteiger partial charge in [-0.2, -0.15) is 5.26 Å². The highest BCUT2D eigenvalue weighted by atomic mass is 32.2. The number of carbonyl (C=O) groups excluding carboxylic acids is 1. The number of nitrogens with zero attached hydrogens (tertiary/aromatic N) is 3. The van der Waals surface area contributed by atoms with Gasteiger partial charge in [-0.15, -0.1) is 0 Å². The predicted octanol–water partition coefficient (Wildman–Crippen LogP) is 3.73. The van der Waals surface area contributed by atoms with Crippen molar-refractivity contribution in [3.05, 3.63) is 77.7 Å². The first-order valence-electron chi connectivity index (χ1n) is 11.4. The van der Waals surface area contributed by atoms with E-state index in [2.05, 4.69) is 20.6 Å². The first-order chi connectivity index (χ1) is 16.7. The van der Waals surface area contributed by atoms with Crippen LogP contribution in [0.3, 0.4) is 0 Å². The minimum absolute atomic E-state index is 0.00694. The van der Waals surface area contributed by atoms with Crippen LogP contribution < -0.4 is 10.6 Å². The number of sulfone groups is 1. The summed E-state index contributed by atoms with van der Waals surface area (Å²) in [5.74, 6) is -0.385. The molecule has 2 amide bonds. The van der Waals surface area contributed by atoms with Gasteiger partial charge in [-0.3, -0.25) is 0 Å². The van der Waals surface area contributed by atoms with Crippen molar-refractivity contribution in [1.82, 2.24) is 20.6 Å². The lowest BCUT2D eigenvalue weighted by atomic mass is 9.79. The van der Waals surface area contributed by atoms with Crippen molar-refractivity contribution in [2.24, 2.45) is 0 Å². The molecule has 182 valence electrons. The third-order valence-electron chi connectivity index (χ3n) is 6.61. The summed E-state index contributed by atoms with van der Waals surface area (Å²) >= 11 is 0. The van der Waals surface area contributed by atoms with Gasteiger partial charge in [-0.25, -0.2) is 27.6 Å². The topological polar surface area (TPSA) is 125 Å². The third kappa shape index (κ3) is 5.10.